The van der Waals surface area contributed by atoms with Crippen molar-refractivity contribution in [2.45, 2.75) is 64.1 Å². The summed E-state index contributed by atoms with van der Waals surface area (Å²) in [6, 6.07) is 9.91. The van der Waals surface area contributed by atoms with E-state index in [-0.39, 0.29) is 29.8 Å². The molecule has 0 unspecified atom stereocenters. The van der Waals surface area contributed by atoms with Gasteiger partial charge in [0.1, 0.15) is 11.9 Å². The van der Waals surface area contributed by atoms with Crippen molar-refractivity contribution in [3.63, 3.8) is 0 Å². The number of fused-ring (bicyclic) bond motifs is 2. The van der Waals surface area contributed by atoms with Gasteiger partial charge in [0.25, 0.3) is 0 Å². The minimum Gasteiger partial charge on any atom is -0.390 e. The highest BCUT2D eigenvalue weighted by atomic mass is 19.1. The van der Waals surface area contributed by atoms with E-state index in [9.17, 15) is 19.1 Å². The maximum absolute atomic E-state index is 13.7. The first-order chi connectivity index (χ1) is 16.3. The lowest BCUT2D eigenvalue weighted by molar-refractivity contribution is -0.127. The molecule has 1 aliphatic carbocycles. The van der Waals surface area contributed by atoms with Crippen LogP contribution in [-0.4, -0.2) is 39.7 Å². The number of Topliss-reactive ketones (excluding diaryl/α,β-unsaturated/α-hetero) is 1. The highest BCUT2D eigenvalue weighted by Gasteiger charge is 2.34. The third-order valence-corrected chi connectivity index (χ3v) is 6.83. The number of ketones is 1. The van der Waals surface area contributed by atoms with E-state index in [1.165, 1.54) is 12.1 Å². The number of halogens is 1. The molecule has 1 fully saturated rings. The number of nitrogens with one attached hydrogen (secondary N) is 1. The SMILES string of the molecule is CC(C)c1c(CCC(=O)N[C@H]2C(=O)CC[C@@H]2O)c2cc3c(cc2n1-c1ccc(F)cc1)C=NC3. The van der Waals surface area contributed by atoms with Crippen molar-refractivity contribution < 1.29 is 19.1 Å². The molecule has 176 valence electrons. The van der Waals surface area contributed by atoms with E-state index in [1.54, 1.807) is 12.1 Å². The predicted octanol–water partition coefficient (Wildman–Crippen LogP) is 3.97. The smallest absolute Gasteiger partial charge is 0.220 e. The van der Waals surface area contributed by atoms with Crippen LogP contribution >= 0.6 is 0 Å². The number of aliphatic hydroxyl groups excluding tert-OH is 1. The van der Waals surface area contributed by atoms with Crippen LogP contribution in [0.5, 0.6) is 0 Å². The average molecular weight is 462 g/mol. The fourth-order valence-electron chi connectivity index (χ4n) is 5.20. The second-order valence-electron chi connectivity index (χ2n) is 9.49. The Bertz CT molecular complexity index is 1310. The van der Waals surface area contributed by atoms with E-state index in [0.717, 1.165) is 39.0 Å². The molecule has 0 saturated heterocycles. The molecule has 6 nitrogen and oxygen atoms in total. The molecule has 2 N–H and O–H groups in total. The molecule has 1 aliphatic heterocycles. The van der Waals surface area contributed by atoms with Crippen molar-refractivity contribution in [3.8, 4) is 5.69 Å². The molecule has 1 amide bonds. The number of benzene rings is 2. The largest absolute Gasteiger partial charge is 0.390 e. The molecule has 3 aromatic rings. The number of hydrogen-bond acceptors (Lipinski definition) is 4. The van der Waals surface area contributed by atoms with Gasteiger partial charge in [-0.05, 0) is 71.8 Å². The van der Waals surface area contributed by atoms with Gasteiger partial charge in [-0.15, -0.1) is 0 Å². The summed E-state index contributed by atoms with van der Waals surface area (Å²) in [5.41, 5.74) is 6.22. The summed E-state index contributed by atoms with van der Waals surface area (Å²) in [4.78, 5) is 29.1. The summed E-state index contributed by atoms with van der Waals surface area (Å²) < 4.78 is 15.8. The van der Waals surface area contributed by atoms with E-state index in [4.69, 9.17) is 0 Å². The zero-order valence-corrected chi connectivity index (χ0v) is 19.3. The number of rotatable bonds is 6. The third-order valence-electron chi connectivity index (χ3n) is 6.83. The van der Waals surface area contributed by atoms with Crippen LogP contribution in [-0.2, 0) is 22.6 Å². The Balaban J connectivity index is 1.55. The van der Waals surface area contributed by atoms with Crippen molar-refractivity contribution in [1.82, 2.24) is 9.88 Å². The Morgan fingerprint density at radius 2 is 2.03 bits per heavy atom. The first-order valence-corrected chi connectivity index (χ1v) is 11.8. The fourth-order valence-corrected chi connectivity index (χ4v) is 5.20. The molecule has 1 saturated carbocycles. The molecule has 2 aliphatic rings. The molecule has 7 heteroatoms. The van der Waals surface area contributed by atoms with Gasteiger partial charge in [-0.2, -0.15) is 0 Å². The van der Waals surface area contributed by atoms with Gasteiger partial charge in [0, 0.05) is 35.8 Å². The number of nitrogens with zero attached hydrogens (tertiary/aromatic N) is 2. The normalized spacial score (nSPS) is 19.4. The first kappa shape index (κ1) is 22.5. The van der Waals surface area contributed by atoms with Crippen molar-refractivity contribution in [2.75, 3.05) is 0 Å². The van der Waals surface area contributed by atoms with Gasteiger partial charge in [-0.1, -0.05) is 13.8 Å². The van der Waals surface area contributed by atoms with E-state index in [0.29, 0.717) is 25.8 Å². The van der Waals surface area contributed by atoms with Crippen molar-refractivity contribution in [2.24, 2.45) is 4.99 Å². The van der Waals surface area contributed by atoms with Crippen LogP contribution in [0.1, 0.15) is 61.4 Å². The molecule has 2 heterocycles. The van der Waals surface area contributed by atoms with Gasteiger partial charge in [0.2, 0.25) is 5.91 Å². The summed E-state index contributed by atoms with van der Waals surface area (Å²) >= 11 is 0. The fraction of sp³-hybridized carbons (Fsp3) is 0.370. The Labute approximate surface area is 197 Å². The molecule has 1 aromatic heterocycles. The van der Waals surface area contributed by atoms with Crippen molar-refractivity contribution in [1.29, 1.82) is 0 Å². The Kier molecular flexibility index (Phi) is 5.81. The minimum atomic E-state index is -0.814. The topological polar surface area (TPSA) is 83.7 Å². The number of carbonyl (C=O) groups is 2. The number of carbonyl (C=O) groups excluding carboxylic acids is 2. The lowest BCUT2D eigenvalue weighted by Gasteiger charge is -2.17. The number of aliphatic imine (C=N–C) groups is 1. The van der Waals surface area contributed by atoms with E-state index in [2.05, 4.69) is 40.9 Å². The van der Waals surface area contributed by atoms with Crippen LogP contribution in [0.2, 0.25) is 0 Å². The van der Waals surface area contributed by atoms with Crippen molar-refractivity contribution >= 4 is 28.8 Å². The van der Waals surface area contributed by atoms with Crippen molar-refractivity contribution in [3.05, 3.63) is 64.6 Å². The monoisotopic (exact) mass is 461 g/mol. The van der Waals surface area contributed by atoms with E-state index in [1.807, 2.05) is 6.21 Å². The van der Waals surface area contributed by atoms with Gasteiger partial charge >= 0.3 is 0 Å². The van der Waals surface area contributed by atoms with Gasteiger partial charge in [-0.3, -0.25) is 14.6 Å². The van der Waals surface area contributed by atoms with Crippen LogP contribution in [0.4, 0.5) is 4.39 Å². The van der Waals surface area contributed by atoms with Crippen LogP contribution in [0.25, 0.3) is 16.6 Å². The maximum atomic E-state index is 13.7. The predicted molar refractivity (Wildman–Crippen MR) is 129 cm³/mol. The van der Waals surface area contributed by atoms with Crippen LogP contribution in [0.3, 0.4) is 0 Å². The van der Waals surface area contributed by atoms with E-state index < -0.39 is 12.1 Å². The molecule has 5 rings (SSSR count). The minimum absolute atomic E-state index is 0.118. The molecule has 34 heavy (non-hydrogen) atoms. The van der Waals surface area contributed by atoms with Crippen LogP contribution in [0, 0.1) is 5.82 Å². The number of amides is 1. The van der Waals surface area contributed by atoms with Gasteiger partial charge in [0.15, 0.2) is 5.78 Å². The number of hydrogen-bond donors (Lipinski definition) is 2. The summed E-state index contributed by atoms with van der Waals surface area (Å²) in [6.45, 7) is 4.85. The lowest BCUT2D eigenvalue weighted by Crippen LogP contribution is -2.44. The van der Waals surface area contributed by atoms with Gasteiger partial charge in [0.05, 0.1) is 18.2 Å². The standard InChI is InChI=1S/C27H28FN3O3/c1-15(2)27-20(7-10-25(34)30-26-23(32)8-9-24(26)33)21-11-16-13-29-14-17(16)12-22(21)31(27)19-5-3-18(28)4-6-19/h3-6,11-12,14-15,23,26,32H,7-10,13H2,1-2H3,(H,30,34)/t23-,26+/m0/s1. The molecule has 0 spiro atoms. The van der Waals surface area contributed by atoms with Gasteiger partial charge < -0.3 is 15.0 Å². The zero-order valence-electron chi connectivity index (χ0n) is 19.3. The Hall–Kier alpha value is -3.32. The highest BCUT2D eigenvalue weighted by molar-refractivity contribution is 5.96. The second kappa shape index (κ2) is 8.80. The Morgan fingerprint density at radius 1 is 1.26 bits per heavy atom. The number of aromatic nitrogens is 1. The summed E-state index contributed by atoms with van der Waals surface area (Å²) in [5, 5.41) is 13.8. The molecular formula is C27H28FN3O3. The summed E-state index contributed by atoms with van der Waals surface area (Å²) in [5.74, 6) is -0.509. The van der Waals surface area contributed by atoms with Crippen LogP contribution < -0.4 is 5.32 Å². The maximum Gasteiger partial charge on any atom is 0.220 e. The molecule has 0 radical (unpaired) electrons. The van der Waals surface area contributed by atoms with E-state index >= 15 is 0 Å². The summed E-state index contributed by atoms with van der Waals surface area (Å²) in [7, 11) is 0. The highest BCUT2D eigenvalue weighted by Crippen LogP contribution is 2.37. The third kappa shape index (κ3) is 3.94. The number of aryl methyl sites for hydroxylation is 1. The molecule has 0 bridgehead atoms. The molecule has 2 atom stereocenters. The Morgan fingerprint density at radius 3 is 2.71 bits per heavy atom. The number of aliphatic hydroxyl groups is 1. The molecule has 2 aromatic carbocycles. The van der Waals surface area contributed by atoms with Crippen LogP contribution in [0.15, 0.2) is 41.4 Å². The van der Waals surface area contributed by atoms with Gasteiger partial charge in [-0.25, -0.2) is 4.39 Å². The second-order valence-corrected chi connectivity index (χ2v) is 9.49. The first-order valence-electron chi connectivity index (χ1n) is 11.8. The summed E-state index contributed by atoms with van der Waals surface area (Å²) in [6.07, 6.45) is 2.43. The molecular weight excluding hydrogens is 433 g/mol. The quantitative estimate of drug-likeness (QED) is 0.583. The lowest BCUT2D eigenvalue weighted by atomic mass is 9.97. The zero-order chi connectivity index (χ0) is 24.0. The average Bonchev–Trinajstić information content (AvgIpc) is 3.48.